The Labute approximate surface area is 119 Å². The minimum Gasteiger partial charge on any atom is -0.354 e. The van der Waals surface area contributed by atoms with Gasteiger partial charge in [0.15, 0.2) is 17.0 Å². The van der Waals surface area contributed by atoms with Crippen molar-refractivity contribution in [3.63, 3.8) is 0 Å². The summed E-state index contributed by atoms with van der Waals surface area (Å²) >= 11 is 0. The minimum atomic E-state index is 0.613. The van der Waals surface area contributed by atoms with Gasteiger partial charge in [-0.15, -0.1) is 0 Å². The predicted octanol–water partition coefficient (Wildman–Crippen LogP) is 2.64. The molecule has 5 heteroatoms. The zero-order chi connectivity index (χ0) is 13.7. The van der Waals surface area contributed by atoms with Crippen LogP contribution in [0.3, 0.4) is 0 Å². The maximum atomic E-state index is 4.60. The van der Waals surface area contributed by atoms with Crippen molar-refractivity contribution < 1.29 is 0 Å². The molecule has 2 aromatic rings. The van der Waals surface area contributed by atoms with Crippen molar-refractivity contribution in [2.24, 2.45) is 11.8 Å². The number of nitrogens with zero attached hydrogens (tertiary/aromatic N) is 5. The van der Waals surface area contributed by atoms with Crippen LogP contribution in [0.5, 0.6) is 0 Å². The summed E-state index contributed by atoms with van der Waals surface area (Å²) in [6.45, 7) is 6.80. The fraction of sp³-hybridized carbons (Fsp3) is 0.667. The Morgan fingerprint density at radius 2 is 1.80 bits per heavy atom. The number of anilines is 1. The zero-order valence-electron chi connectivity index (χ0n) is 12.2. The van der Waals surface area contributed by atoms with Crippen molar-refractivity contribution in [3.8, 4) is 0 Å². The quantitative estimate of drug-likeness (QED) is 0.842. The maximum absolute atomic E-state index is 4.60. The molecular weight excluding hydrogens is 250 g/mol. The molecule has 3 heterocycles. The number of hydrogen-bond acceptors (Lipinski definition) is 4. The van der Waals surface area contributed by atoms with E-state index in [2.05, 4.69) is 38.3 Å². The van der Waals surface area contributed by atoms with Gasteiger partial charge in [-0.3, -0.25) is 0 Å². The van der Waals surface area contributed by atoms with Crippen LogP contribution in [0.25, 0.3) is 11.2 Å². The van der Waals surface area contributed by atoms with E-state index in [9.17, 15) is 0 Å². The molecule has 106 valence electrons. The van der Waals surface area contributed by atoms with Crippen LogP contribution in [0.2, 0.25) is 0 Å². The summed E-state index contributed by atoms with van der Waals surface area (Å²) in [5.74, 6) is 2.45. The molecule has 2 unspecified atom stereocenters. The second kappa shape index (κ2) is 4.43. The first-order valence-corrected chi connectivity index (χ1v) is 7.65. The van der Waals surface area contributed by atoms with Crippen LogP contribution < -0.4 is 4.90 Å². The van der Waals surface area contributed by atoms with Gasteiger partial charge < -0.3 is 9.47 Å². The molecule has 5 nitrogen and oxygen atoms in total. The molecule has 1 aliphatic carbocycles. The molecule has 0 spiro atoms. The lowest BCUT2D eigenvalue weighted by Crippen LogP contribution is -2.39. The van der Waals surface area contributed by atoms with Gasteiger partial charge in [0.2, 0.25) is 0 Å². The van der Waals surface area contributed by atoms with Crippen LogP contribution in [-0.2, 0) is 0 Å². The van der Waals surface area contributed by atoms with E-state index in [1.807, 2.05) is 6.33 Å². The molecule has 0 amide bonds. The lowest BCUT2D eigenvalue weighted by Gasteiger charge is -2.35. The first kappa shape index (κ1) is 12.1. The van der Waals surface area contributed by atoms with Crippen molar-refractivity contribution in [3.05, 3.63) is 12.7 Å². The summed E-state index contributed by atoms with van der Waals surface area (Å²) in [4.78, 5) is 16.0. The van der Waals surface area contributed by atoms with E-state index in [1.54, 1.807) is 6.33 Å². The Morgan fingerprint density at radius 1 is 1.05 bits per heavy atom. The van der Waals surface area contributed by atoms with Crippen LogP contribution in [0.4, 0.5) is 5.82 Å². The molecular formula is C15H21N5. The van der Waals surface area contributed by atoms with E-state index in [0.717, 1.165) is 30.1 Å². The third-order valence-corrected chi connectivity index (χ3v) is 4.45. The van der Waals surface area contributed by atoms with Gasteiger partial charge >= 0.3 is 0 Å². The summed E-state index contributed by atoms with van der Waals surface area (Å²) in [6.07, 6.45) is 7.45. The first-order valence-electron chi connectivity index (χ1n) is 7.65. The third kappa shape index (κ3) is 1.96. The molecule has 20 heavy (non-hydrogen) atoms. The molecule has 0 N–H and O–H groups in total. The molecule has 1 saturated heterocycles. The van der Waals surface area contributed by atoms with Crippen LogP contribution in [0, 0.1) is 11.8 Å². The van der Waals surface area contributed by atoms with Crippen molar-refractivity contribution >= 4 is 17.0 Å². The van der Waals surface area contributed by atoms with Gasteiger partial charge in [-0.25, -0.2) is 15.0 Å². The Kier molecular flexibility index (Phi) is 2.69. The number of rotatable bonds is 2. The highest BCUT2D eigenvalue weighted by Gasteiger charge is 2.28. The Bertz CT molecular complexity index is 620. The van der Waals surface area contributed by atoms with Gasteiger partial charge in [0.25, 0.3) is 0 Å². The minimum absolute atomic E-state index is 0.613. The predicted molar refractivity (Wildman–Crippen MR) is 78.8 cm³/mol. The Hall–Kier alpha value is -1.65. The molecule has 2 fully saturated rings. The van der Waals surface area contributed by atoms with Crippen LogP contribution in [-0.4, -0.2) is 32.6 Å². The van der Waals surface area contributed by atoms with Gasteiger partial charge in [0.1, 0.15) is 6.33 Å². The second-order valence-electron chi connectivity index (χ2n) is 6.60. The third-order valence-electron chi connectivity index (χ3n) is 4.45. The SMILES string of the molecule is CC1CC(C)CN(c2ncnc3c2ncn3C2CC2)C1. The number of fused-ring (bicyclic) bond motifs is 1. The van der Waals surface area contributed by atoms with Crippen molar-refractivity contribution in [2.75, 3.05) is 18.0 Å². The van der Waals surface area contributed by atoms with E-state index < -0.39 is 0 Å². The average molecular weight is 271 g/mol. The largest absolute Gasteiger partial charge is 0.354 e. The van der Waals surface area contributed by atoms with Crippen LogP contribution in [0.1, 0.15) is 39.2 Å². The number of hydrogen-bond donors (Lipinski definition) is 0. The zero-order valence-corrected chi connectivity index (χ0v) is 12.2. The highest BCUT2D eigenvalue weighted by Crippen LogP contribution is 2.38. The number of aromatic nitrogens is 4. The van der Waals surface area contributed by atoms with Gasteiger partial charge in [0.05, 0.1) is 6.33 Å². The van der Waals surface area contributed by atoms with Gasteiger partial charge in [-0.2, -0.15) is 0 Å². The Balaban J connectivity index is 1.75. The lowest BCUT2D eigenvalue weighted by molar-refractivity contribution is 0.355. The fourth-order valence-electron chi connectivity index (χ4n) is 3.53. The molecule has 0 radical (unpaired) electrons. The summed E-state index contributed by atoms with van der Waals surface area (Å²) in [6, 6.07) is 0.613. The molecule has 0 aromatic carbocycles. The summed E-state index contributed by atoms with van der Waals surface area (Å²) in [5, 5.41) is 0. The van der Waals surface area contributed by atoms with Gasteiger partial charge in [-0.05, 0) is 31.1 Å². The van der Waals surface area contributed by atoms with E-state index in [1.165, 1.54) is 19.3 Å². The summed E-state index contributed by atoms with van der Waals surface area (Å²) < 4.78 is 2.22. The van der Waals surface area contributed by atoms with Crippen molar-refractivity contribution in [1.82, 2.24) is 19.5 Å². The fourth-order valence-corrected chi connectivity index (χ4v) is 3.53. The number of imidazole rings is 1. The second-order valence-corrected chi connectivity index (χ2v) is 6.60. The molecule has 2 aliphatic rings. The van der Waals surface area contributed by atoms with Crippen molar-refractivity contribution in [1.29, 1.82) is 0 Å². The van der Waals surface area contributed by atoms with Gasteiger partial charge in [-0.1, -0.05) is 13.8 Å². The van der Waals surface area contributed by atoms with Crippen LogP contribution >= 0.6 is 0 Å². The standard InChI is InChI=1S/C15H21N5/c1-10-5-11(2)7-19(6-10)14-13-15(17-8-16-14)20(9-18-13)12-3-4-12/h8-12H,3-7H2,1-2H3. The molecule has 4 rings (SSSR count). The maximum Gasteiger partial charge on any atom is 0.165 e. The van der Waals surface area contributed by atoms with Crippen LogP contribution in [0.15, 0.2) is 12.7 Å². The molecule has 2 aromatic heterocycles. The molecule has 1 aliphatic heterocycles. The molecule has 1 saturated carbocycles. The highest BCUT2D eigenvalue weighted by molar-refractivity contribution is 5.83. The highest BCUT2D eigenvalue weighted by atomic mass is 15.2. The monoisotopic (exact) mass is 271 g/mol. The van der Waals surface area contributed by atoms with E-state index in [0.29, 0.717) is 17.9 Å². The normalized spacial score (nSPS) is 27.2. The molecule has 2 atom stereocenters. The van der Waals surface area contributed by atoms with E-state index in [4.69, 9.17) is 0 Å². The number of piperidine rings is 1. The average Bonchev–Trinajstić information content (AvgIpc) is 3.16. The first-order chi connectivity index (χ1) is 9.72. The van der Waals surface area contributed by atoms with Crippen molar-refractivity contribution in [2.45, 2.75) is 39.2 Å². The lowest BCUT2D eigenvalue weighted by atomic mass is 9.92. The summed E-state index contributed by atoms with van der Waals surface area (Å²) in [7, 11) is 0. The van der Waals surface area contributed by atoms with Gasteiger partial charge in [0, 0.05) is 19.1 Å². The molecule has 0 bridgehead atoms. The van der Waals surface area contributed by atoms with E-state index in [-0.39, 0.29) is 0 Å². The summed E-state index contributed by atoms with van der Waals surface area (Å²) in [5.41, 5.74) is 1.98. The topological polar surface area (TPSA) is 46.8 Å². The van der Waals surface area contributed by atoms with E-state index >= 15 is 0 Å². The Morgan fingerprint density at radius 3 is 2.50 bits per heavy atom. The smallest absolute Gasteiger partial charge is 0.165 e.